The third-order valence-corrected chi connectivity index (χ3v) is 5.12. The van der Waals surface area contributed by atoms with E-state index in [2.05, 4.69) is 26.3 Å². The number of rotatable bonds is 5. The number of halogens is 1. The summed E-state index contributed by atoms with van der Waals surface area (Å²) in [5.41, 5.74) is 1.19. The predicted octanol–water partition coefficient (Wildman–Crippen LogP) is 3.13. The van der Waals surface area contributed by atoms with Crippen molar-refractivity contribution in [3.8, 4) is 0 Å². The van der Waals surface area contributed by atoms with E-state index in [9.17, 15) is 0 Å². The molecule has 0 radical (unpaired) electrons. The van der Waals surface area contributed by atoms with Crippen molar-refractivity contribution in [3.63, 3.8) is 0 Å². The molecular formula is C19H23ClN4O2. The second-order valence-electron chi connectivity index (χ2n) is 6.64. The van der Waals surface area contributed by atoms with Gasteiger partial charge in [0, 0.05) is 43.7 Å². The zero-order valence-electron chi connectivity index (χ0n) is 14.7. The molecule has 2 fully saturated rings. The molecule has 138 valence electrons. The normalized spacial score (nSPS) is 19.0. The fraction of sp³-hybridized carbons (Fsp3) is 0.474. The summed E-state index contributed by atoms with van der Waals surface area (Å²) in [4.78, 5) is 11.2. The zero-order chi connectivity index (χ0) is 17.8. The monoisotopic (exact) mass is 374 g/mol. The summed E-state index contributed by atoms with van der Waals surface area (Å²) in [5.74, 6) is 1.23. The summed E-state index contributed by atoms with van der Waals surface area (Å²) < 4.78 is 11.6. The van der Waals surface area contributed by atoms with Crippen molar-refractivity contribution in [3.05, 3.63) is 47.1 Å². The number of nitrogens with zero attached hydrogens (tertiary/aromatic N) is 3. The van der Waals surface area contributed by atoms with Gasteiger partial charge in [-0.15, -0.1) is 0 Å². The molecule has 2 saturated heterocycles. The van der Waals surface area contributed by atoms with Crippen molar-refractivity contribution in [2.24, 2.45) is 0 Å². The van der Waals surface area contributed by atoms with Gasteiger partial charge in [0.25, 0.3) is 0 Å². The highest BCUT2D eigenvalue weighted by Gasteiger charge is 2.40. The van der Waals surface area contributed by atoms with E-state index < -0.39 is 0 Å². The molecule has 2 aliphatic heterocycles. The fourth-order valence-electron chi connectivity index (χ4n) is 3.48. The molecule has 1 aromatic carbocycles. The molecule has 0 unspecified atom stereocenters. The Morgan fingerprint density at radius 3 is 2.73 bits per heavy atom. The van der Waals surface area contributed by atoms with Gasteiger partial charge >= 0.3 is 0 Å². The van der Waals surface area contributed by atoms with E-state index in [4.69, 9.17) is 21.1 Å². The van der Waals surface area contributed by atoms with Crippen LogP contribution >= 0.6 is 11.6 Å². The van der Waals surface area contributed by atoms with Gasteiger partial charge in [0.05, 0.1) is 13.2 Å². The van der Waals surface area contributed by atoms with E-state index in [1.807, 2.05) is 24.3 Å². The molecule has 0 aliphatic carbocycles. The first-order valence-corrected chi connectivity index (χ1v) is 9.45. The molecule has 0 atom stereocenters. The molecule has 2 aliphatic rings. The van der Waals surface area contributed by atoms with Crippen LogP contribution < -0.4 is 10.2 Å². The topological polar surface area (TPSA) is 59.5 Å². The molecule has 6 nitrogen and oxygen atoms in total. The Labute approximate surface area is 158 Å². The van der Waals surface area contributed by atoms with E-state index in [0.29, 0.717) is 19.2 Å². The molecule has 0 amide bonds. The van der Waals surface area contributed by atoms with Gasteiger partial charge in [-0.2, -0.15) is 4.98 Å². The van der Waals surface area contributed by atoms with Crippen LogP contribution in [0, 0.1) is 0 Å². The van der Waals surface area contributed by atoms with Crippen molar-refractivity contribution in [1.82, 2.24) is 9.97 Å². The summed E-state index contributed by atoms with van der Waals surface area (Å²) in [7, 11) is 0. The fourth-order valence-corrected chi connectivity index (χ4v) is 3.70. The molecule has 3 heterocycles. The Morgan fingerprint density at radius 1 is 1.15 bits per heavy atom. The lowest BCUT2D eigenvalue weighted by Gasteiger charge is -2.38. The number of anilines is 2. The van der Waals surface area contributed by atoms with Gasteiger partial charge in [0.15, 0.2) is 5.79 Å². The summed E-state index contributed by atoms with van der Waals surface area (Å²) in [6, 6.07) is 9.86. The minimum absolute atomic E-state index is 0.360. The number of piperidine rings is 1. The smallest absolute Gasteiger partial charge is 0.224 e. The molecule has 1 aromatic heterocycles. The van der Waals surface area contributed by atoms with Gasteiger partial charge in [-0.25, -0.2) is 4.98 Å². The Balaban J connectivity index is 1.32. The number of hydrogen-bond donors (Lipinski definition) is 1. The minimum atomic E-state index is -0.360. The minimum Gasteiger partial charge on any atom is -0.356 e. The third kappa shape index (κ3) is 4.09. The van der Waals surface area contributed by atoms with Crippen LogP contribution in [0.15, 0.2) is 36.5 Å². The Kier molecular flexibility index (Phi) is 5.24. The molecule has 0 bridgehead atoms. The maximum atomic E-state index is 6.02. The van der Waals surface area contributed by atoms with E-state index in [0.717, 1.165) is 49.7 Å². The van der Waals surface area contributed by atoms with Gasteiger partial charge in [0.2, 0.25) is 5.95 Å². The Bertz CT molecular complexity index is 742. The Morgan fingerprint density at radius 2 is 1.96 bits per heavy atom. The lowest BCUT2D eigenvalue weighted by atomic mass is 10.0. The number of hydrogen-bond acceptors (Lipinski definition) is 6. The highest BCUT2D eigenvalue weighted by Crippen LogP contribution is 2.32. The number of ether oxygens (including phenoxy) is 2. The highest BCUT2D eigenvalue weighted by atomic mass is 35.5. The van der Waals surface area contributed by atoms with Gasteiger partial charge in [-0.05, 0) is 30.2 Å². The first-order valence-electron chi connectivity index (χ1n) is 9.07. The first kappa shape index (κ1) is 17.5. The van der Waals surface area contributed by atoms with E-state index in [1.165, 1.54) is 5.56 Å². The van der Waals surface area contributed by atoms with Gasteiger partial charge in [-0.3, -0.25) is 0 Å². The average molecular weight is 375 g/mol. The van der Waals surface area contributed by atoms with Crippen LogP contribution in [0.25, 0.3) is 0 Å². The van der Waals surface area contributed by atoms with Crippen LogP contribution in [0.4, 0.5) is 11.8 Å². The van der Waals surface area contributed by atoms with Gasteiger partial charge in [0.1, 0.15) is 5.82 Å². The molecule has 0 saturated carbocycles. The number of aromatic nitrogens is 2. The van der Waals surface area contributed by atoms with Crippen LogP contribution in [0.1, 0.15) is 18.4 Å². The van der Waals surface area contributed by atoms with Crippen molar-refractivity contribution in [1.29, 1.82) is 0 Å². The van der Waals surface area contributed by atoms with E-state index >= 15 is 0 Å². The lowest BCUT2D eigenvalue weighted by Crippen LogP contribution is -2.45. The van der Waals surface area contributed by atoms with Crippen LogP contribution in [0.5, 0.6) is 0 Å². The summed E-state index contributed by atoms with van der Waals surface area (Å²) >= 11 is 6.02. The first-order chi connectivity index (χ1) is 12.7. The third-order valence-electron chi connectivity index (χ3n) is 4.89. The van der Waals surface area contributed by atoms with Gasteiger partial charge < -0.3 is 19.7 Å². The van der Waals surface area contributed by atoms with Crippen molar-refractivity contribution in [2.45, 2.75) is 25.0 Å². The van der Waals surface area contributed by atoms with Crippen LogP contribution in [-0.2, 0) is 15.9 Å². The second-order valence-corrected chi connectivity index (χ2v) is 7.08. The van der Waals surface area contributed by atoms with Crippen LogP contribution in [0.2, 0.25) is 5.02 Å². The van der Waals surface area contributed by atoms with Crippen molar-refractivity contribution >= 4 is 23.4 Å². The van der Waals surface area contributed by atoms with Crippen LogP contribution in [0.3, 0.4) is 0 Å². The molecule has 4 rings (SSSR count). The maximum Gasteiger partial charge on any atom is 0.224 e. The molecule has 1 spiro atoms. The molecule has 2 aromatic rings. The molecule has 26 heavy (non-hydrogen) atoms. The molecule has 7 heteroatoms. The van der Waals surface area contributed by atoms with E-state index in [1.54, 1.807) is 6.20 Å². The Hall–Kier alpha value is -1.89. The maximum absolute atomic E-state index is 6.02. The largest absolute Gasteiger partial charge is 0.356 e. The average Bonchev–Trinajstić information content (AvgIpc) is 3.11. The van der Waals surface area contributed by atoms with Crippen LogP contribution in [-0.4, -0.2) is 48.6 Å². The number of benzene rings is 1. The second kappa shape index (κ2) is 7.78. The van der Waals surface area contributed by atoms with Gasteiger partial charge in [-0.1, -0.05) is 23.7 Å². The summed E-state index contributed by atoms with van der Waals surface area (Å²) in [6.45, 7) is 3.91. The van der Waals surface area contributed by atoms with E-state index in [-0.39, 0.29) is 5.79 Å². The summed E-state index contributed by atoms with van der Waals surface area (Å²) in [6.07, 6.45) is 4.41. The van der Waals surface area contributed by atoms with Crippen molar-refractivity contribution in [2.75, 3.05) is 43.1 Å². The SMILES string of the molecule is Clc1cccc(CCNc2nccc(N3CCC4(CC3)OCCO4)n2)c1. The highest BCUT2D eigenvalue weighted by molar-refractivity contribution is 6.30. The quantitative estimate of drug-likeness (QED) is 0.867. The molecular weight excluding hydrogens is 352 g/mol. The summed E-state index contributed by atoms with van der Waals surface area (Å²) in [5, 5.41) is 4.06. The predicted molar refractivity (Wildman–Crippen MR) is 102 cm³/mol. The molecule has 1 N–H and O–H groups in total. The number of nitrogens with one attached hydrogen (secondary N) is 1. The lowest BCUT2D eigenvalue weighted by molar-refractivity contribution is -0.169. The van der Waals surface area contributed by atoms with Crippen molar-refractivity contribution < 1.29 is 9.47 Å². The standard InChI is InChI=1S/C19H23ClN4O2/c20-16-3-1-2-15(14-16)4-8-21-18-22-9-5-17(23-18)24-10-6-19(7-11-24)25-12-13-26-19/h1-3,5,9,14H,4,6-8,10-13H2,(H,21,22,23). The zero-order valence-corrected chi connectivity index (χ0v) is 15.4.